The maximum atomic E-state index is 11.5. The molecule has 1 amide bonds. The number of nitrogens with zero attached hydrogens (tertiary/aromatic N) is 2. The molecule has 2 aromatic rings. The minimum Gasteiger partial charge on any atom is -0.351 e. The molecule has 0 unspecified atom stereocenters. The number of carbonyl (C=O) groups is 1. The Hall–Kier alpha value is -2.17. The molecule has 0 aliphatic heterocycles. The van der Waals surface area contributed by atoms with Crippen LogP contribution in [0.3, 0.4) is 0 Å². The smallest absolute Gasteiger partial charge is 0.295 e. The summed E-state index contributed by atoms with van der Waals surface area (Å²) in [5, 5.41) is 6.05. The Morgan fingerprint density at radius 1 is 1.40 bits per heavy atom. The molecular weight excluding hydrogens is 194 g/mol. The molecular formula is C10H9N3O2. The molecule has 0 radical (unpaired) electrons. The molecule has 2 heterocycles. The van der Waals surface area contributed by atoms with Gasteiger partial charge in [0.1, 0.15) is 5.82 Å². The van der Waals surface area contributed by atoms with E-state index >= 15 is 0 Å². The highest BCUT2D eigenvalue weighted by Crippen LogP contribution is 2.07. The van der Waals surface area contributed by atoms with Crippen molar-refractivity contribution in [1.82, 2.24) is 10.1 Å². The maximum Gasteiger partial charge on any atom is 0.295 e. The largest absolute Gasteiger partial charge is 0.351 e. The summed E-state index contributed by atoms with van der Waals surface area (Å²) >= 11 is 0. The fourth-order valence-corrected chi connectivity index (χ4v) is 1.12. The van der Waals surface area contributed by atoms with Gasteiger partial charge in [-0.05, 0) is 24.6 Å². The predicted octanol–water partition coefficient (Wildman–Crippen LogP) is 1.63. The lowest BCUT2D eigenvalue weighted by atomic mass is 10.3. The minimum absolute atomic E-state index is 0.165. The van der Waals surface area contributed by atoms with E-state index in [1.165, 1.54) is 12.3 Å². The zero-order valence-corrected chi connectivity index (χ0v) is 8.10. The van der Waals surface area contributed by atoms with Crippen LogP contribution in [-0.4, -0.2) is 16.0 Å². The van der Waals surface area contributed by atoms with Gasteiger partial charge in [0, 0.05) is 12.3 Å². The Kier molecular flexibility index (Phi) is 2.45. The van der Waals surface area contributed by atoms with Gasteiger partial charge in [-0.15, -0.1) is 0 Å². The summed E-state index contributed by atoms with van der Waals surface area (Å²) in [7, 11) is 0. The van der Waals surface area contributed by atoms with Gasteiger partial charge in [0.15, 0.2) is 0 Å². The molecule has 76 valence electrons. The van der Waals surface area contributed by atoms with Crippen LogP contribution in [0.1, 0.15) is 16.1 Å². The summed E-state index contributed by atoms with van der Waals surface area (Å²) in [6.45, 7) is 1.92. The Morgan fingerprint density at radius 2 is 2.27 bits per heavy atom. The average molecular weight is 203 g/mol. The Morgan fingerprint density at radius 3 is 2.93 bits per heavy atom. The number of pyridine rings is 1. The Bertz CT molecular complexity index is 465. The van der Waals surface area contributed by atoms with Crippen LogP contribution in [0.5, 0.6) is 0 Å². The number of aromatic nitrogens is 2. The second kappa shape index (κ2) is 3.91. The molecule has 2 rings (SSSR count). The highest BCUT2D eigenvalue weighted by atomic mass is 16.5. The van der Waals surface area contributed by atoms with E-state index in [1.54, 1.807) is 12.3 Å². The molecule has 15 heavy (non-hydrogen) atoms. The summed E-state index contributed by atoms with van der Waals surface area (Å²) < 4.78 is 4.71. The van der Waals surface area contributed by atoms with Gasteiger partial charge in [0.2, 0.25) is 5.76 Å². The molecule has 0 aliphatic carbocycles. The van der Waals surface area contributed by atoms with E-state index < -0.39 is 0 Å². The van der Waals surface area contributed by atoms with E-state index in [1.807, 2.05) is 13.0 Å². The number of hydrogen-bond acceptors (Lipinski definition) is 4. The molecule has 0 saturated carbocycles. The number of rotatable bonds is 2. The molecule has 0 aromatic carbocycles. The van der Waals surface area contributed by atoms with E-state index in [-0.39, 0.29) is 11.7 Å². The van der Waals surface area contributed by atoms with E-state index in [4.69, 9.17) is 4.52 Å². The van der Waals surface area contributed by atoms with Crippen LogP contribution in [0.2, 0.25) is 0 Å². The van der Waals surface area contributed by atoms with Gasteiger partial charge in [-0.3, -0.25) is 4.79 Å². The molecule has 0 bridgehead atoms. The number of aryl methyl sites for hydroxylation is 1. The number of amides is 1. The topological polar surface area (TPSA) is 68.0 Å². The van der Waals surface area contributed by atoms with Crippen molar-refractivity contribution in [2.75, 3.05) is 5.32 Å². The second-order valence-electron chi connectivity index (χ2n) is 3.05. The first-order chi connectivity index (χ1) is 7.25. The van der Waals surface area contributed by atoms with Crippen molar-refractivity contribution in [1.29, 1.82) is 0 Å². The number of hydrogen-bond donors (Lipinski definition) is 1. The van der Waals surface area contributed by atoms with Crippen molar-refractivity contribution in [3.8, 4) is 0 Å². The Balaban J connectivity index is 2.13. The molecule has 0 fully saturated rings. The van der Waals surface area contributed by atoms with Crippen molar-refractivity contribution in [3.63, 3.8) is 0 Å². The second-order valence-corrected chi connectivity index (χ2v) is 3.05. The van der Waals surface area contributed by atoms with Crippen LogP contribution in [0.4, 0.5) is 5.82 Å². The SMILES string of the molecule is Cc1ccnc(NC(=O)c2ccno2)c1. The van der Waals surface area contributed by atoms with Crippen molar-refractivity contribution in [3.05, 3.63) is 41.9 Å². The third kappa shape index (κ3) is 2.19. The fraction of sp³-hybridized carbons (Fsp3) is 0.100. The quantitative estimate of drug-likeness (QED) is 0.805. The zero-order valence-electron chi connectivity index (χ0n) is 8.10. The summed E-state index contributed by atoms with van der Waals surface area (Å²) in [5.41, 5.74) is 1.03. The number of nitrogens with one attached hydrogen (secondary N) is 1. The normalized spacial score (nSPS) is 9.93. The van der Waals surface area contributed by atoms with Crippen molar-refractivity contribution in [2.45, 2.75) is 6.92 Å². The van der Waals surface area contributed by atoms with Gasteiger partial charge in [-0.25, -0.2) is 4.98 Å². The summed E-state index contributed by atoms with van der Waals surface area (Å²) in [4.78, 5) is 15.5. The molecule has 0 spiro atoms. The van der Waals surface area contributed by atoms with Gasteiger partial charge in [-0.1, -0.05) is 5.16 Å². The third-order valence-electron chi connectivity index (χ3n) is 1.82. The van der Waals surface area contributed by atoms with Crippen molar-refractivity contribution >= 4 is 11.7 Å². The number of carbonyl (C=O) groups excluding carboxylic acids is 1. The highest BCUT2D eigenvalue weighted by Gasteiger charge is 2.09. The first-order valence-electron chi connectivity index (χ1n) is 4.40. The van der Waals surface area contributed by atoms with E-state index in [0.717, 1.165) is 5.56 Å². The van der Waals surface area contributed by atoms with Crippen LogP contribution in [0, 0.1) is 6.92 Å². The zero-order chi connectivity index (χ0) is 10.7. The maximum absolute atomic E-state index is 11.5. The lowest BCUT2D eigenvalue weighted by molar-refractivity contribution is 0.0987. The van der Waals surface area contributed by atoms with Gasteiger partial charge in [0.25, 0.3) is 5.91 Å². The van der Waals surface area contributed by atoms with Crippen LogP contribution < -0.4 is 5.32 Å². The molecule has 5 nitrogen and oxygen atoms in total. The predicted molar refractivity (Wildman–Crippen MR) is 53.4 cm³/mol. The first-order valence-corrected chi connectivity index (χ1v) is 4.40. The van der Waals surface area contributed by atoms with Gasteiger partial charge >= 0.3 is 0 Å². The van der Waals surface area contributed by atoms with Crippen molar-refractivity contribution in [2.24, 2.45) is 0 Å². The Labute approximate surface area is 86.1 Å². The summed E-state index contributed by atoms with van der Waals surface area (Å²) in [6.07, 6.45) is 3.05. The molecule has 1 N–H and O–H groups in total. The fourth-order valence-electron chi connectivity index (χ4n) is 1.12. The third-order valence-corrected chi connectivity index (χ3v) is 1.82. The van der Waals surface area contributed by atoms with Crippen LogP contribution in [0.25, 0.3) is 0 Å². The van der Waals surface area contributed by atoms with Crippen LogP contribution in [-0.2, 0) is 0 Å². The van der Waals surface area contributed by atoms with E-state index in [9.17, 15) is 4.79 Å². The van der Waals surface area contributed by atoms with Gasteiger partial charge in [0.05, 0.1) is 6.20 Å². The molecule has 0 saturated heterocycles. The standard InChI is InChI=1S/C10H9N3O2/c1-7-2-4-11-9(6-7)13-10(14)8-3-5-12-15-8/h2-6H,1H3,(H,11,13,14). The lowest BCUT2D eigenvalue weighted by Crippen LogP contribution is -2.11. The molecule has 2 aromatic heterocycles. The molecule has 0 aliphatic rings. The van der Waals surface area contributed by atoms with Crippen LogP contribution >= 0.6 is 0 Å². The highest BCUT2D eigenvalue weighted by molar-refractivity contribution is 6.01. The van der Waals surface area contributed by atoms with Crippen molar-refractivity contribution < 1.29 is 9.32 Å². The molecule has 0 atom stereocenters. The lowest BCUT2D eigenvalue weighted by Gasteiger charge is -2.01. The van der Waals surface area contributed by atoms with Gasteiger partial charge < -0.3 is 9.84 Å². The van der Waals surface area contributed by atoms with Gasteiger partial charge in [-0.2, -0.15) is 0 Å². The number of anilines is 1. The average Bonchev–Trinajstić information content (AvgIpc) is 2.70. The van der Waals surface area contributed by atoms with E-state index in [0.29, 0.717) is 5.82 Å². The molecule has 5 heteroatoms. The summed E-state index contributed by atoms with van der Waals surface area (Å²) in [6, 6.07) is 5.11. The first kappa shape index (κ1) is 9.39. The van der Waals surface area contributed by atoms with Crippen LogP contribution in [0.15, 0.2) is 35.1 Å². The monoisotopic (exact) mass is 203 g/mol. The van der Waals surface area contributed by atoms with E-state index in [2.05, 4.69) is 15.5 Å². The minimum atomic E-state index is -0.356. The summed E-state index contributed by atoms with van der Waals surface area (Å²) in [5.74, 6) is 0.306.